The molecule has 0 fully saturated rings. The first kappa shape index (κ1) is 21.3. The van der Waals surface area contributed by atoms with Crippen molar-refractivity contribution in [3.05, 3.63) is 82.9 Å². The van der Waals surface area contributed by atoms with Crippen molar-refractivity contribution in [2.45, 2.75) is 32.4 Å². The average molecular weight is 461 g/mol. The third-order valence-corrected chi connectivity index (χ3v) is 5.88. The molecule has 3 aromatic rings. The molecule has 0 saturated heterocycles. The molecule has 5 rings (SSSR count). The van der Waals surface area contributed by atoms with Crippen molar-refractivity contribution >= 4 is 23.2 Å². The van der Waals surface area contributed by atoms with Crippen molar-refractivity contribution in [3.63, 3.8) is 0 Å². The number of halogens is 1. The molecule has 33 heavy (non-hydrogen) atoms. The summed E-state index contributed by atoms with van der Waals surface area (Å²) in [5.74, 6) is 0.589. The molecule has 8 heteroatoms. The number of benzene rings is 2. The fourth-order valence-corrected chi connectivity index (χ4v) is 4.46. The van der Waals surface area contributed by atoms with E-state index < -0.39 is 0 Å². The molecule has 7 nitrogen and oxygen atoms in total. The summed E-state index contributed by atoms with van der Waals surface area (Å²) in [5.41, 5.74) is 5.00. The predicted octanol–water partition coefficient (Wildman–Crippen LogP) is 4.93. The van der Waals surface area contributed by atoms with E-state index in [0.29, 0.717) is 29.2 Å². The minimum absolute atomic E-state index is 0.129. The fraction of sp³-hybridized carbons (Fsp3) is 0.240. The van der Waals surface area contributed by atoms with E-state index in [2.05, 4.69) is 26.5 Å². The van der Waals surface area contributed by atoms with Gasteiger partial charge in [-0.1, -0.05) is 22.4 Å². The maximum absolute atomic E-state index is 12.9. The van der Waals surface area contributed by atoms with Crippen LogP contribution in [0.2, 0.25) is 5.02 Å². The Labute approximate surface area is 196 Å². The van der Waals surface area contributed by atoms with Crippen LogP contribution in [-0.2, 0) is 6.42 Å². The number of nitrogens with one attached hydrogen (secondary N) is 1. The number of azo groups is 2. The summed E-state index contributed by atoms with van der Waals surface area (Å²) in [6.07, 6.45) is 7.49. The van der Waals surface area contributed by atoms with E-state index in [-0.39, 0.29) is 18.1 Å². The number of aromatic nitrogens is 2. The van der Waals surface area contributed by atoms with E-state index in [1.807, 2.05) is 48.9 Å². The van der Waals surface area contributed by atoms with Crippen molar-refractivity contribution < 1.29 is 14.2 Å². The summed E-state index contributed by atoms with van der Waals surface area (Å²) in [5, 5.41) is 8.20. The van der Waals surface area contributed by atoms with Gasteiger partial charge in [-0.15, -0.1) is 0 Å². The standard InChI is InChI=1S/C25H22ClN5O2/c1-15-8-16(2)31(30-15)20-5-3-4-17(10-20)25(32)29-13-21-11-18-9-19(26)12-22(24(18)33-21)23-14-27-6-7-28-23/h3-10,12,14-15,21H,11,13H2,1-2H3/p+1/t15?,21-/m1/s1. The third kappa shape index (κ3) is 4.36. The number of rotatable bonds is 5. The second-order valence-corrected chi connectivity index (χ2v) is 8.65. The molecule has 0 saturated carbocycles. The Morgan fingerprint density at radius 3 is 2.91 bits per heavy atom. The molecule has 1 N–H and O–H groups in total. The van der Waals surface area contributed by atoms with Gasteiger partial charge in [-0.25, -0.2) is 0 Å². The monoisotopic (exact) mass is 460 g/mol. The van der Waals surface area contributed by atoms with Crippen molar-refractivity contribution in [2.75, 3.05) is 6.54 Å². The highest BCUT2D eigenvalue weighted by Crippen LogP contribution is 2.40. The number of ether oxygens (including phenoxy) is 1. The lowest BCUT2D eigenvalue weighted by Gasteiger charge is -2.13. The molecule has 2 aromatic carbocycles. The highest BCUT2D eigenvalue weighted by Gasteiger charge is 2.28. The summed E-state index contributed by atoms with van der Waals surface area (Å²) < 4.78 is 8.06. The topological polar surface area (TPSA) is 79.5 Å². The van der Waals surface area contributed by atoms with E-state index in [4.69, 9.17) is 16.3 Å². The fourth-order valence-electron chi connectivity index (χ4n) is 4.22. The van der Waals surface area contributed by atoms with Crippen LogP contribution in [0.25, 0.3) is 11.3 Å². The number of nitrogens with zero attached hydrogens (tertiary/aromatic N) is 4. The molecule has 0 radical (unpaired) electrons. The highest BCUT2D eigenvalue weighted by atomic mass is 35.5. The summed E-state index contributed by atoms with van der Waals surface area (Å²) in [6.45, 7) is 4.42. The molecule has 1 aromatic heterocycles. The summed E-state index contributed by atoms with van der Waals surface area (Å²) in [4.78, 5) is 21.4. The molecule has 1 amide bonds. The summed E-state index contributed by atoms with van der Waals surface area (Å²) in [6, 6.07) is 11.3. The Morgan fingerprint density at radius 1 is 1.27 bits per heavy atom. The molecule has 0 spiro atoms. The van der Waals surface area contributed by atoms with Gasteiger partial charge in [0.05, 0.1) is 18.4 Å². The van der Waals surface area contributed by atoms with Crippen molar-refractivity contribution in [1.29, 1.82) is 0 Å². The molecular formula is C25H23ClN5O2+. The first-order valence-corrected chi connectivity index (χ1v) is 11.2. The van der Waals surface area contributed by atoms with Crippen LogP contribution in [-0.4, -0.2) is 39.3 Å². The van der Waals surface area contributed by atoms with Crippen LogP contribution in [0.1, 0.15) is 29.8 Å². The number of carbonyl (C=O) groups is 1. The molecule has 1 unspecified atom stereocenters. The minimum Gasteiger partial charge on any atom is -0.487 e. The van der Waals surface area contributed by atoms with Crippen LogP contribution < -0.4 is 10.1 Å². The number of hydrogen-bond acceptors (Lipinski definition) is 5. The van der Waals surface area contributed by atoms with E-state index in [0.717, 1.165) is 28.3 Å². The molecule has 166 valence electrons. The molecule has 3 heterocycles. The smallest absolute Gasteiger partial charge is 0.251 e. The van der Waals surface area contributed by atoms with Gasteiger partial charge in [-0.2, -0.15) is 0 Å². The maximum Gasteiger partial charge on any atom is 0.251 e. The zero-order valence-corrected chi connectivity index (χ0v) is 19.1. The Kier molecular flexibility index (Phi) is 5.64. The number of fused-ring (bicyclic) bond motifs is 1. The third-order valence-electron chi connectivity index (χ3n) is 5.66. The lowest BCUT2D eigenvalue weighted by molar-refractivity contribution is -0.455. The van der Waals surface area contributed by atoms with Crippen molar-refractivity contribution in [1.82, 2.24) is 15.3 Å². The van der Waals surface area contributed by atoms with Crippen LogP contribution in [0.4, 0.5) is 5.69 Å². The second kappa shape index (κ2) is 8.75. The van der Waals surface area contributed by atoms with Gasteiger partial charge in [0.2, 0.25) is 11.4 Å². The first-order valence-electron chi connectivity index (χ1n) is 10.8. The highest BCUT2D eigenvalue weighted by molar-refractivity contribution is 6.31. The van der Waals surface area contributed by atoms with Gasteiger partial charge in [0.15, 0.2) is 0 Å². The molecular weight excluding hydrogens is 438 g/mol. The molecule has 2 aliphatic heterocycles. The maximum atomic E-state index is 12.9. The number of allylic oxidation sites excluding steroid dienone is 1. The minimum atomic E-state index is -0.194. The van der Waals surface area contributed by atoms with E-state index in [1.165, 1.54) is 0 Å². The Hall–Kier alpha value is -3.58. The van der Waals surface area contributed by atoms with E-state index in [1.54, 1.807) is 24.7 Å². The second-order valence-electron chi connectivity index (χ2n) is 8.21. The normalized spacial score (nSPS) is 18.9. The van der Waals surface area contributed by atoms with Gasteiger partial charge >= 0.3 is 0 Å². The van der Waals surface area contributed by atoms with Gasteiger partial charge in [-0.3, -0.25) is 14.8 Å². The van der Waals surface area contributed by atoms with Gasteiger partial charge < -0.3 is 10.1 Å². The average Bonchev–Trinajstić information content (AvgIpc) is 3.39. The Morgan fingerprint density at radius 2 is 2.15 bits per heavy atom. The summed E-state index contributed by atoms with van der Waals surface area (Å²) in [7, 11) is 0. The summed E-state index contributed by atoms with van der Waals surface area (Å²) >= 11 is 6.33. The Balaban J connectivity index is 1.28. The first-order chi connectivity index (χ1) is 16.0. The zero-order chi connectivity index (χ0) is 22.9. The molecule has 2 aliphatic rings. The number of carbonyl (C=O) groups excluding carboxylic acids is 1. The molecule has 0 aliphatic carbocycles. The van der Waals surface area contributed by atoms with Crippen molar-refractivity contribution in [2.24, 2.45) is 5.11 Å². The van der Waals surface area contributed by atoms with Gasteiger partial charge in [0.25, 0.3) is 5.91 Å². The molecule has 0 bridgehead atoms. The van der Waals surface area contributed by atoms with E-state index >= 15 is 0 Å². The van der Waals surface area contributed by atoms with Gasteiger partial charge in [0, 0.05) is 65.7 Å². The molecule has 2 atom stereocenters. The largest absolute Gasteiger partial charge is 0.487 e. The van der Waals surface area contributed by atoms with E-state index in [9.17, 15) is 4.79 Å². The van der Waals surface area contributed by atoms with Crippen LogP contribution in [0, 0.1) is 0 Å². The lowest BCUT2D eigenvalue weighted by Crippen LogP contribution is -2.34. The predicted molar refractivity (Wildman–Crippen MR) is 125 cm³/mol. The quantitative estimate of drug-likeness (QED) is 0.547. The SMILES string of the molecule is CC1=CC(C)N=[N+]1c1cccc(C(=O)NC[C@H]2Cc3cc(Cl)cc(-c4cnccn4)c3O2)c1. The number of hydrogen-bond donors (Lipinski definition) is 1. The lowest BCUT2D eigenvalue weighted by atomic mass is 10.0. The number of amides is 1. The van der Waals surface area contributed by atoms with Gasteiger partial charge in [-0.05, 0) is 30.2 Å². The van der Waals surface area contributed by atoms with Crippen LogP contribution >= 0.6 is 11.6 Å². The zero-order valence-electron chi connectivity index (χ0n) is 18.3. The van der Waals surface area contributed by atoms with Crippen LogP contribution in [0.15, 0.2) is 71.9 Å². The van der Waals surface area contributed by atoms with Crippen LogP contribution in [0.3, 0.4) is 0 Å². The van der Waals surface area contributed by atoms with Crippen LogP contribution in [0.5, 0.6) is 5.75 Å². The van der Waals surface area contributed by atoms with Crippen molar-refractivity contribution in [3.8, 4) is 17.0 Å². The van der Waals surface area contributed by atoms with Gasteiger partial charge in [0.1, 0.15) is 17.9 Å². The Bertz CT molecular complexity index is 1290.